The van der Waals surface area contributed by atoms with Crippen molar-refractivity contribution in [2.45, 2.75) is 0 Å². The Hall–Kier alpha value is -1.98. The van der Waals surface area contributed by atoms with Gasteiger partial charge in [-0.3, -0.25) is 0 Å². The van der Waals surface area contributed by atoms with Crippen LogP contribution in [0.3, 0.4) is 0 Å². The molecule has 0 atom stereocenters. The molecule has 0 fully saturated rings. The minimum atomic E-state index is -1.05. The van der Waals surface area contributed by atoms with E-state index >= 15 is 0 Å². The topological polar surface area (TPSA) is 63.1 Å². The summed E-state index contributed by atoms with van der Waals surface area (Å²) in [5.74, 6) is -1.05. The third kappa shape index (κ3) is 2.30. The third-order valence-corrected chi connectivity index (χ3v) is 3.90. The van der Waals surface area contributed by atoms with Gasteiger partial charge in [0, 0.05) is 16.8 Å². The van der Waals surface area contributed by atoms with Crippen molar-refractivity contribution in [1.29, 1.82) is 0 Å². The van der Waals surface area contributed by atoms with E-state index in [1.807, 2.05) is 6.07 Å². The number of aromatic nitrogens is 2. The summed E-state index contributed by atoms with van der Waals surface area (Å²) in [5.41, 5.74) is 1.56. The molecule has 2 heterocycles. The quantitative estimate of drug-likeness (QED) is 0.781. The highest BCUT2D eigenvalue weighted by molar-refractivity contribution is 7.21. The van der Waals surface area contributed by atoms with Crippen LogP contribution in [0.2, 0.25) is 5.02 Å². The summed E-state index contributed by atoms with van der Waals surface area (Å²) in [6, 6.07) is 8.75. The van der Waals surface area contributed by atoms with Crippen molar-refractivity contribution < 1.29 is 9.90 Å². The highest BCUT2D eigenvalue weighted by Gasteiger charge is 2.10. The molecule has 0 aliphatic rings. The molecule has 2 aromatic heterocycles. The van der Waals surface area contributed by atoms with Gasteiger partial charge in [0.05, 0.1) is 10.2 Å². The van der Waals surface area contributed by atoms with Crippen molar-refractivity contribution in [3.05, 3.63) is 47.2 Å². The summed E-state index contributed by atoms with van der Waals surface area (Å²) < 4.78 is 1.01. The van der Waals surface area contributed by atoms with Gasteiger partial charge in [0.15, 0.2) is 0 Å². The SMILES string of the molecule is O=C(O)c1cc(-c2nc3cc(Cl)ccc3s2)ccn1. The first-order valence-corrected chi connectivity index (χ1v) is 6.59. The summed E-state index contributed by atoms with van der Waals surface area (Å²) in [5, 5.41) is 10.3. The molecule has 94 valence electrons. The molecule has 19 heavy (non-hydrogen) atoms. The van der Waals surface area contributed by atoms with E-state index in [-0.39, 0.29) is 5.69 Å². The molecule has 0 amide bonds. The Morgan fingerprint density at radius 1 is 1.26 bits per heavy atom. The fourth-order valence-corrected chi connectivity index (χ4v) is 2.81. The van der Waals surface area contributed by atoms with Gasteiger partial charge in [-0.1, -0.05) is 11.6 Å². The summed E-state index contributed by atoms with van der Waals surface area (Å²) in [4.78, 5) is 19.2. The zero-order chi connectivity index (χ0) is 13.4. The number of benzene rings is 1. The Morgan fingerprint density at radius 3 is 2.89 bits per heavy atom. The molecule has 0 spiro atoms. The lowest BCUT2D eigenvalue weighted by molar-refractivity contribution is 0.0690. The van der Waals surface area contributed by atoms with Gasteiger partial charge in [-0.15, -0.1) is 11.3 Å². The normalized spacial score (nSPS) is 10.8. The van der Waals surface area contributed by atoms with E-state index in [2.05, 4.69) is 9.97 Å². The molecule has 1 aromatic carbocycles. The number of carboxylic acids is 1. The Labute approximate surface area is 117 Å². The number of hydrogen-bond acceptors (Lipinski definition) is 4. The predicted molar refractivity (Wildman–Crippen MR) is 74.8 cm³/mol. The van der Waals surface area contributed by atoms with E-state index in [1.54, 1.807) is 18.2 Å². The Morgan fingerprint density at radius 2 is 2.11 bits per heavy atom. The third-order valence-electron chi connectivity index (χ3n) is 2.58. The summed E-state index contributed by atoms with van der Waals surface area (Å²) in [7, 11) is 0. The second-order valence-electron chi connectivity index (χ2n) is 3.87. The molecule has 1 N–H and O–H groups in total. The average molecular weight is 291 g/mol. The minimum absolute atomic E-state index is 0.00906. The van der Waals surface area contributed by atoms with Crippen LogP contribution in [0.25, 0.3) is 20.8 Å². The first-order chi connectivity index (χ1) is 9.13. The van der Waals surface area contributed by atoms with Crippen LogP contribution < -0.4 is 0 Å². The van der Waals surface area contributed by atoms with Gasteiger partial charge in [0.25, 0.3) is 0 Å². The number of carbonyl (C=O) groups is 1. The number of nitrogens with zero attached hydrogens (tertiary/aromatic N) is 2. The molecular formula is C13H7ClN2O2S. The van der Waals surface area contributed by atoms with Gasteiger partial charge in [-0.05, 0) is 30.3 Å². The van der Waals surface area contributed by atoms with E-state index in [1.165, 1.54) is 23.6 Å². The van der Waals surface area contributed by atoms with E-state index in [4.69, 9.17) is 16.7 Å². The summed E-state index contributed by atoms with van der Waals surface area (Å²) in [6.07, 6.45) is 1.47. The molecule has 0 unspecified atom stereocenters. The number of thiazole rings is 1. The van der Waals surface area contributed by atoms with Crippen LogP contribution in [0.5, 0.6) is 0 Å². The van der Waals surface area contributed by atoms with Crippen LogP contribution in [0.15, 0.2) is 36.5 Å². The lowest BCUT2D eigenvalue weighted by atomic mass is 10.2. The summed E-state index contributed by atoms with van der Waals surface area (Å²) in [6.45, 7) is 0. The monoisotopic (exact) mass is 290 g/mol. The summed E-state index contributed by atoms with van der Waals surface area (Å²) >= 11 is 7.41. The molecule has 3 aromatic rings. The Bertz CT molecular complexity index is 785. The number of pyridine rings is 1. The maximum atomic E-state index is 10.9. The van der Waals surface area contributed by atoms with Crippen LogP contribution in [-0.4, -0.2) is 21.0 Å². The number of halogens is 1. The smallest absolute Gasteiger partial charge is 0.354 e. The average Bonchev–Trinajstić information content (AvgIpc) is 2.81. The van der Waals surface area contributed by atoms with Gasteiger partial charge < -0.3 is 5.11 Å². The van der Waals surface area contributed by atoms with E-state index in [0.717, 1.165) is 20.8 Å². The predicted octanol–water partition coefficient (Wildman–Crippen LogP) is 3.71. The van der Waals surface area contributed by atoms with Crippen LogP contribution in [0.4, 0.5) is 0 Å². The first-order valence-electron chi connectivity index (χ1n) is 5.39. The van der Waals surface area contributed by atoms with E-state index in [9.17, 15) is 4.79 Å². The minimum Gasteiger partial charge on any atom is -0.477 e. The highest BCUT2D eigenvalue weighted by atomic mass is 35.5. The fraction of sp³-hybridized carbons (Fsp3) is 0. The van der Waals surface area contributed by atoms with Gasteiger partial charge in [-0.2, -0.15) is 0 Å². The Balaban J connectivity index is 2.13. The number of hydrogen-bond donors (Lipinski definition) is 1. The second-order valence-corrected chi connectivity index (χ2v) is 5.33. The highest BCUT2D eigenvalue weighted by Crippen LogP contribution is 2.31. The van der Waals surface area contributed by atoms with Crippen LogP contribution >= 0.6 is 22.9 Å². The van der Waals surface area contributed by atoms with Crippen LogP contribution in [0, 0.1) is 0 Å². The van der Waals surface area contributed by atoms with Gasteiger partial charge in [0.1, 0.15) is 10.7 Å². The molecule has 0 radical (unpaired) electrons. The fourth-order valence-electron chi connectivity index (χ4n) is 1.70. The molecule has 0 saturated heterocycles. The maximum absolute atomic E-state index is 10.9. The lowest BCUT2D eigenvalue weighted by Gasteiger charge is -1.97. The number of rotatable bonds is 2. The van der Waals surface area contributed by atoms with Crippen molar-refractivity contribution in [1.82, 2.24) is 9.97 Å². The van der Waals surface area contributed by atoms with E-state index in [0.29, 0.717) is 5.02 Å². The largest absolute Gasteiger partial charge is 0.477 e. The first kappa shape index (κ1) is 12.1. The van der Waals surface area contributed by atoms with Crippen molar-refractivity contribution in [3.63, 3.8) is 0 Å². The molecule has 3 rings (SSSR count). The molecule has 6 heteroatoms. The van der Waals surface area contributed by atoms with Crippen LogP contribution in [0.1, 0.15) is 10.5 Å². The molecule has 0 aliphatic heterocycles. The van der Waals surface area contributed by atoms with Crippen molar-refractivity contribution in [2.75, 3.05) is 0 Å². The van der Waals surface area contributed by atoms with Crippen molar-refractivity contribution >= 4 is 39.1 Å². The molecule has 0 saturated carbocycles. The van der Waals surface area contributed by atoms with Crippen molar-refractivity contribution in [3.8, 4) is 10.6 Å². The molecular weight excluding hydrogens is 284 g/mol. The molecule has 0 bridgehead atoms. The Kier molecular flexibility index (Phi) is 2.93. The molecule has 4 nitrogen and oxygen atoms in total. The number of fused-ring (bicyclic) bond motifs is 1. The second kappa shape index (κ2) is 4.60. The van der Waals surface area contributed by atoms with E-state index < -0.39 is 5.97 Å². The zero-order valence-corrected chi connectivity index (χ0v) is 11.1. The molecule has 0 aliphatic carbocycles. The zero-order valence-electron chi connectivity index (χ0n) is 9.50. The van der Waals surface area contributed by atoms with Gasteiger partial charge in [-0.25, -0.2) is 14.8 Å². The number of aromatic carboxylic acids is 1. The maximum Gasteiger partial charge on any atom is 0.354 e. The lowest BCUT2D eigenvalue weighted by Crippen LogP contribution is -1.99. The standard InChI is InChI=1S/C13H7ClN2O2S/c14-8-1-2-11-9(6-8)16-12(19-11)7-3-4-15-10(5-7)13(17)18/h1-6H,(H,17,18). The number of carboxylic acid groups (broad SMARTS) is 1. The van der Waals surface area contributed by atoms with Gasteiger partial charge in [0.2, 0.25) is 0 Å². The van der Waals surface area contributed by atoms with Gasteiger partial charge >= 0.3 is 5.97 Å². The van der Waals surface area contributed by atoms with Crippen molar-refractivity contribution in [2.24, 2.45) is 0 Å². The van der Waals surface area contributed by atoms with Crippen LogP contribution in [-0.2, 0) is 0 Å².